The molecule has 0 bridgehead atoms. The number of carboxylic acids is 1. The number of nitrogens with zero attached hydrogens (tertiary/aromatic N) is 5. The average Bonchev–Trinajstić information content (AvgIpc) is 3.17. The first-order valence-corrected chi connectivity index (χ1v) is 7.09. The molecule has 0 radical (unpaired) electrons. The maximum atomic E-state index is 11.0. The molecule has 2 aromatic heterocycles. The highest BCUT2D eigenvalue weighted by atomic mass is 16.4. The van der Waals surface area contributed by atoms with Gasteiger partial charge in [-0.1, -0.05) is 18.2 Å². The zero-order valence-corrected chi connectivity index (χ0v) is 12.7. The van der Waals surface area contributed by atoms with Crippen LogP contribution in [0.3, 0.4) is 0 Å². The number of anilines is 1. The number of aromatic amines is 1. The van der Waals surface area contributed by atoms with Crippen molar-refractivity contribution in [1.82, 2.24) is 25.6 Å². The lowest BCUT2D eigenvalue weighted by Crippen LogP contribution is -2.00. The summed E-state index contributed by atoms with van der Waals surface area (Å²) in [6, 6.07) is 14.0. The molecule has 9 nitrogen and oxygen atoms in total. The zero-order valence-electron chi connectivity index (χ0n) is 12.7. The lowest BCUT2D eigenvalue weighted by atomic mass is 10.1. The Balaban J connectivity index is 1.86. The summed E-state index contributed by atoms with van der Waals surface area (Å²) < 4.78 is 0. The number of pyridine rings is 1. The summed E-state index contributed by atoms with van der Waals surface area (Å²) in [7, 11) is 0. The highest BCUT2D eigenvalue weighted by Gasteiger charge is 2.08. The number of aromatic nitrogens is 5. The molecule has 9 heteroatoms. The molecule has 3 rings (SSSR count). The van der Waals surface area contributed by atoms with Crippen LogP contribution in [-0.2, 0) is 0 Å². The van der Waals surface area contributed by atoms with Gasteiger partial charge in [-0.05, 0) is 29.5 Å². The minimum Gasteiger partial charge on any atom is -0.477 e. The zero-order chi connectivity index (χ0) is 17.6. The fraction of sp³-hybridized carbons (Fsp3) is 0. The fourth-order valence-electron chi connectivity index (χ4n) is 2.06. The van der Waals surface area contributed by atoms with Gasteiger partial charge in [0.2, 0.25) is 5.82 Å². The van der Waals surface area contributed by atoms with Gasteiger partial charge in [-0.25, -0.2) is 9.78 Å². The van der Waals surface area contributed by atoms with E-state index in [9.17, 15) is 4.79 Å². The number of benzene rings is 1. The highest BCUT2D eigenvalue weighted by Crippen LogP contribution is 2.21. The maximum Gasteiger partial charge on any atom is 0.354 e. The second-order valence-electron chi connectivity index (χ2n) is 4.84. The van der Waals surface area contributed by atoms with Gasteiger partial charge in [0, 0.05) is 17.5 Å². The number of allylic oxidation sites excluding steroid dienone is 1. The summed E-state index contributed by atoms with van der Waals surface area (Å²) in [6.07, 6.45) is 1.46. The monoisotopic (exact) mass is 333 g/mol. The van der Waals surface area contributed by atoms with E-state index < -0.39 is 5.97 Å². The molecule has 0 aliphatic rings. The van der Waals surface area contributed by atoms with Crippen LogP contribution in [0.1, 0.15) is 16.3 Å². The van der Waals surface area contributed by atoms with Gasteiger partial charge < -0.3 is 10.4 Å². The number of hydrogen-bond donors (Lipinski definition) is 3. The Morgan fingerprint density at radius 1 is 1.28 bits per heavy atom. The van der Waals surface area contributed by atoms with E-state index in [1.165, 1.54) is 12.3 Å². The normalized spacial score (nSPS) is 10.9. The van der Waals surface area contributed by atoms with Crippen LogP contribution in [0.4, 0.5) is 5.69 Å². The van der Waals surface area contributed by atoms with E-state index in [0.29, 0.717) is 11.4 Å². The average molecular weight is 333 g/mol. The summed E-state index contributed by atoms with van der Waals surface area (Å²) in [5.74, 6) is -0.903. The van der Waals surface area contributed by atoms with Gasteiger partial charge in [0.25, 0.3) is 0 Å². The number of carbonyl (C=O) groups is 1. The van der Waals surface area contributed by atoms with E-state index >= 15 is 0 Å². The highest BCUT2D eigenvalue weighted by molar-refractivity contribution is 5.86. The Kier molecular flexibility index (Phi) is 4.44. The molecular formula is C16H11N7O2. The van der Waals surface area contributed by atoms with E-state index in [4.69, 9.17) is 10.4 Å². The number of nitrogens with one attached hydrogen (secondary N) is 2. The molecule has 3 aromatic rings. The summed E-state index contributed by atoms with van der Waals surface area (Å²) in [6.45, 7) is 0. The van der Waals surface area contributed by atoms with Crippen LogP contribution >= 0.6 is 0 Å². The largest absolute Gasteiger partial charge is 0.477 e. The minimum absolute atomic E-state index is 0.0281. The summed E-state index contributed by atoms with van der Waals surface area (Å²) in [5.41, 5.74) is 2.15. The number of nitriles is 1. The van der Waals surface area contributed by atoms with Crippen molar-refractivity contribution in [3.8, 4) is 17.3 Å². The van der Waals surface area contributed by atoms with E-state index in [2.05, 4.69) is 30.9 Å². The molecule has 0 aliphatic heterocycles. The summed E-state index contributed by atoms with van der Waals surface area (Å²) in [5, 5.41) is 34.4. The Bertz CT molecular complexity index is 974. The number of tetrazole rings is 1. The topological polar surface area (TPSA) is 140 Å². The molecule has 0 saturated heterocycles. The van der Waals surface area contributed by atoms with Crippen molar-refractivity contribution in [2.75, 3.05) is 5.32 Å². The molecule has 0 amide bonds. The van der Waals surface area contributed by atoms with Crippen LogP contribution in [0.15, 0.2) is 48.7 Å². The van der Waals surface area contributed by atoms with Crippen molar-refractivity contribution >= 4 is 17.2 Å². The number of hydrogen-bond acceptors (Lipinski definition) is 7. The van der Waals surface area contributed by atoms with Gasteiger partial charge >= 0.3 is 5.97 Å². The molecule has 122 valence electrons. The van der Waals surface area contributed by atoms with Gasteiger partial charge in [-0.3, -0.25) is 0 Å². The minimum atomic E-state index is -1.09. The van der Waals surface area contributed by atoms with Crippen LogP contribution in [0.25, 0.3) is 16.8 Å². The van der Waals surface area contributed by atoms with Crippen LogP contribution in [-0.4, -0.2) is 36.7 Å². The first kappa shape index (κ1) is 15.8. The van der Waals surface area contributed by atoms with Crippen molar-refractivity contribution in [3.05, 3.63) is 60.2 Å². The number of aromatic carboxylic acids is 1. The van der Waals surface area contributed by atoms with Crippen molar-refractivity contribution in [2.45, 2.75) is 0 Å². The third kappa shape index (κ3) is 3.65. The van der Waals surface area contributed by atoms with Crippen LogP contribution in [0.2, 0.25) is 0 Å². The number of carboxylic acid groups (broad SMARTS) is 1. The van der Waals surface area contributed by atoms with Gasteiger partial charge in [-0.15, -0.1) is 10.2 Å². The van der Waals surface area contributed by atoms with E-state index in [1.54, 1.807) is 30.3 Å². The lowest BCUT2D eigenvalue weighted by Gasteiger charge is -2.06. The number of rotatable bonds is 5. The predicted octanol–water partition coefficient (Wildman–Crippen LogP) is 1.94. The van der Waals surface area contributed by atoms with Gasteiger partial charge in [-0.2, -0.15) is 10.5 Å². The first-order valence-electron chi connectivity index (χ1n) is 7.09. The van der Waals surface area contributed by atoms with E-state index in [-0.39, 0.29) is 17.1 Å². The summed E-state index contributed by atoms with van der Waals surface area (Å²) >= 11 is 0. The second kappa shape index (κ2) is 7.01. The molecule has 0 atom stereocenters. The van der Waals surface area contributed by atoms with Crippen molar-refractivity contribution in [2.24, 2.45) is 0 Å². The SMILES string of the molecule is N#CC(=CNc1cccc(-c2cccc(C(=O)O)n2)c1)c1nn[nH]n1. The molecule has 0 saturated carbocycles. The third-order valence-electron chi connectivity index (χ3n) is 3.22. The van der Waals surface area contributed by atoms with Crippen molar-refractivity contribution < 1.29 is 9.90 Å². The quantitative estimate of drug-likeness (QED) is 0.602. The summed E-state index contributed by atoms with van der Waals surface area (Å²) in [4.78, 5) is 15.1. The predicted molar refractivity (Wildman–Crippen MR) is 88.0 cm³/mol. The van der Waals surface area contributed by atoms with Crippen LogP contribution < -0.4 is 5.32 Å². The van der Waals surface area contributed by atoms with Crippen molar-refractivity contribution in [3.63, 3.8) is 0 Å². The van der Waals surface area contributed by atoms with Crippen LogP contribution in [0, 0.1) is 11.3 Å². The Morgan fingerprint density at radius 2 is 2.12 bits per heavy atom. The Labute approximate surface area is 141 Å². The van der Waals surface area contributed by atoms with Crippen LogP contribution in [0.5, 0.6) is 0 Å². The molecule has 3 N–H and O–H groups in total. The molecule has 25 heavy (non-hydrogen) atoms. The van der Waals surface area contributed by atoms with Gasteiger partial charge in [0.1, 0.15) is 17.3 Å². The fourth-order valence-corrected chi connectivity index (χ4v) is 2.06. The lowest BCUT2D eigenvalue weighted by molar-refractivity contribution is 0.0690. The first-order chi connectivity index (χ1) is 12.2. The maximum absolute atomic E-state index is 11.0. The third-order valence-corrected chi connectivity index (χ3v) is 3.22. The van der Waals surface area contributed by atoms with Gasteiger partial charge in [0.05, 0.1) is 5.69 Å². The van der Waals surface area contributed by atoms with Crippen molar-refractivity contribution in [1.29, 1.82) is 5.26 Å². The van der Waals surface area contributed by atoms with E-state index in [1.807, 2.05) is 12.1 Å². The second-order valence-corrected chi connectivity index (χ2v) is 4.84. The number of H-pyrrole nitrogens is 1. The Morgan fingerprint density at radius 3 is 2.84 bits per heavy atom. The molecule has 0 spiro atoms. The molecule has 0 aliphatic carbocycles. The molecular weight excluding hydrogens is 322 g/mol. The molecule has 0 fully saturated rings. The van der Waals surface area contributed by atoms with Gasteiger partial charge in [0.15, 0.2) is 0 Å². The Hall–Kier alpha value is -4.06. The molecule has 2 heterocycles. The standard InChI is InChI=1S/C16H11N7O2/c17-8-11(15-20-22-23-21-15)9-18-12-4-1-3-10(7-12)13-5-2-6-14(19-13)16(24)25/h1-7,9,18H,(H,24,25)(H,20,21,22,23). The molecule has 0 unspecified atom stereocenters. The van der Waals surface area contributed by atoms with E-state index in [0.717, 1.165) is 5.56 Å². The smallest absolute Gasteiger partial charge is 0.354 e. The molecule has 1 aromatic carbocycles.